The Kier molecular flexibility index (Phi) is 5.61. The van der Waals surface area contributed by atoms with Crippen molar-refractivity contribution >= 4 is 15.7 Å². The van der Waals surface area contributed by atoms with Crippen molar-refractivity contribution in [3.63, 3.8) is 0 Å². The van der Waals surface area contributed by atoms with Gasteiger partial charge in [-0.2, -0.15) is 0 Å². The Hall–Kier alpha value is -2.18. The molecule has 0 spiro atoms. The largest absolute Gasteiger partial charge is 0.335 e. The van der Waals surface area contributed by atoms with Crippen LogP contribution in [0.15, 0.2) is 48.5 Å². The molecule has 1 unspecified atom stereocenters. The van der Waals surface area contributed by atoms with Gasteiger partial charge in [-0.25, -0.2) is 8.42 Å². The number of nitrogens with zero attached hydrogens (tertiary/aromatic N) is 2. The van der Waals surface area contributed by atoms with Crippen molar-refractivity contribution in [2.24, 2.45) is 0 Å². The van der Waals surface area contributed by atoms with Gasteiger partial charge >= 0.3 is 0 Å². The van der Waals surface area contributed by atoms with E-state index in [-0.39, 0.29) is 29.5 Å². The van der Waals surface area contributed by atoms with Crippen molar-refractivity contribution in [3.8, 4) is 11.1 Å². The first-order valence-corrected chi connectivity index (χ1v) is 13.2. The van der Waals surface area contributed by atoms with Crippen molar-refractivity contribution in [3.05, 3.63) is 59.7 Å². The highest BCUT2D eigenvalue weighted by Gasteiger charge is 2.39. The highest BCUT2D eigenvalue weighted by molar-refractivity contribution is 7.91. The Balaban J connectivity index is 1.41. The number of sulfone groups is 1. The second-order valence-corrected chi connectivity index (χ2v) is 11.5. The van der Waals surface area contributed by atoms with Gasteiger partial charge in [0.1, 0.15) is 0 Å². The van der Waals surface area contributed by atoms with Crippen molar-refractivity contribution in [1.29, 1.82) is 0 Å². The van der Waals surface area contributed by atoms with E-state index in [1.165, 1.54) is 22.3 Å². The highest BCUT2D eigenvalue weighted by atomic mass is 32.2. The highest BCUT2D eigenvalue weighted by Crippen LogP contribution is 2.33. The van der Waals surface area contributed by atoms with Crippen LogP contribution in [0.5, 0.6) is 0 Å². The van der Waals surface area contributed by atoms with E-state index in [0.29, 0.717) is 13.0 Å². The fraction of sp³-hybridized carbons (Fsp3) is 0.480. The molecule has 0 aromatic heterocycles. The summed E-state index contributed by atoms with van der Waals surface area (Å²) in [6, 6.07) is 16.9. The molecule has 2 aliphatic heterocycles. The van der Waals surface area contributed by atoms with Crippen LogP contribution < -0.4 is 0 Å². The number of benzene rings is 2. The molecule has 2 fully saturated rings. The molecule has 1 aliphatic carbocycles. The lowest BCUT2D eigenvalue weighted by molar-refractivity contribution is -0.137. The predicted octanol–water partition coefficient (Wildman–Crippen LogP) is 3.63. The van der Waals surface area contributed by atoms with Crippen LogP contribution in [0.3, 0.4) is 0 Å². The van der Waals surface area contributed by atoms with E-state index < -0.39 is 9.84 Å². The van der Waals surface area contributed by atoms with E-state index in [0.717, 1.165) is 38.8 Å². The second-order valence-electron chi connectivity index (χ2n) is 9.26. The topological polar surface area (TPSA) is 57.7 Å². The van der Waals surface area contributed by atoms with Crippen LogP contribution in [0.4, 0.5) is 0 Å². The molecule has 1 saturated carbocycles. The number of hydrogen-bond acceptors (Lipinski definition) is 4. The van der Waals surface area contributed by atoms with Crippen LogP contribution in [0.2, 0.25) is 0 Å². The molecule has 31 heavy (non-hydrogen) atoms. The van der Waals surface area contributed by atoms with E-state index in [1.807, 2.05) is 4.90 Å². The molecule has 6 heteroatoms. The van der Waals surface area contributed by atoms with E-state index in [2.05, 4.69) is 53.4 Å². The Labute approximate surface area is 185 Å². The van der Waals surface area contributed by atoms with Gasteiger partial charge in [-0.1, -0.05) is 61.4 Å². The van der Waals surface area contributed by atoms with Gasteiger partial charge in [-0.3, -0.25) is 9.69 Å². The molecule has 0 N–H and O–H groups in total. The minimum atomic E-state index is -3.03. The number of carbonyl (C=O) groups is 1. The Morgan fingerprint density at radius 1 is 0.871 bits per heavy atom. The summed E-state index contributed by atoms with van der Waals surface area (Å²) >= 11 is 0. The van der Waals surface area contributed by atoms with Crippen molar-refractivity contribution in [2.75, 3.05) is 18.1 Å². The van der Waals surface area contributed by atoms with E-state index in [9.17, 15) is 13.2 Å². The minimum absolute atomic E-state index is 0.0888. The molecule has 0 radical (unpaired) electrons. The Bertz CT molecular complexity index is 1030. The summed E-state index contributed by atoms with van der Waals surface area (Å²) in [5.74, 6) is 0.422. The zero-order chi connectivity index (χ0) is 21.4. The standard InChI is InChI=1S/C25H30N2O3S/c28-25(27(21-9-3-4-10-21)22-13-14-31(29,30)18-22)17-26-15-19-7-1-5-11-23(19)24-12-6-2-8-20(24)16-26/h1-2,5-8,11-12,21-22H,3-4,9-10,13-18H2. The first-order chi connectivity index (χ1) is 15.0. The third kappa shape index (κ3) is 4.28. The van der Waals surface area contributed by atoms with Crippen molar-refractivity contribution < 1.29 is 13.2 Å². The molecular formula is C25H30N2O3S. The maximum absolute atomic E-state index is 13.6. The maximum atomic E-state index is 13.6. The SMILES string of the molecule is O=C(CN1Cc2ccccc2-c2ccccc2C1)N(C1CCCC1)C1CCS(=O)(=O)C1. The quantitative estimate of drug-likeness (QED) is 0.732. The van der Waals surface area contributed by atoms with Crippen molar-refractivity contribution in [1.82, 2.24) is 9.80 Å². The van der Waals surface area contributed by atoms with Crippen LogP contribution in [0.25, 0.3) is 11.1 Å². The zero-order valence-corrected chi connectivity index (χ0v) is 18.7. The van der Waals surface area contributed by atoms with Gasteiger partial charge in [0, 0.05) is 25.2 Å². The summed E-state index contributed by atoms with van der Waals surface area (Å²) in [6.45, 7) is 1.77. The fourth-order valence-electron chi connectivity index (χ4n) is 5.65. The van der Waals surface area contributed by atoms with Crippen LogP contribution >= 0.6 is 0 Å². The summed E-state index contributed by atoms with van der Waals surface area (Å²) in [5, 5.41) is 0. The molecule has 5 nitrogen and oxygen atoms in total. The van der Waals surface area contributed by atoms with Gasteiger partial charge < -0.3 is 4.90 Å². The molecule has 1 atom stereocenters. The average molecular weight is 439 g/mol. The minimum Gasteiger partial charge on any atom is -0.335 e. The molecule has 1 amide bonds. The van der Waals surface area contributed by atoms with Gasteiger partial charge in [-0.15, -0.1) is 0 Å². The summed E-state index contributed by atoms with van der Waals surface area (Å²) in [7, 11) is -3.03. The summed E-state index contributed by atoms with van der Waals surface area (Å²) in [6.07, 6.45) is 4.81. The van der Waals surface area contributed by atoms with Crippen LogP contribution in [-0.4, -0.2) is 54.3 Å². The smallest absolute Gasteiger partial charge is 0.237 e. The van der Waals surface area contributed by atoms with Gasteiger partial charge in [-0.05, 0) is 41.5 Å². The van der Waals surface area contributed by atoms with E-state index in [1.54, 1.807) is 0 Å². The van der Waals surface area contributed by atoms with Gasteiger partial charge in [0.2, 0.25) is 5.91 Å². The van der Waals surface area contributed by atoms with E-state index in [4.69, 9.17) is 0 Å². The predicted molar refractivity (Wildman–Crippen MR) is 122 cm³/mol. The fourth-order valence-corrected chi connectivity index (χ4v) is 7.36. The Morgan fingerprint density at radius 2 is 1.45 bits per heavy atom. The summed E-state index contributed by atoms with van der Waals surface area (Å²) in [5.41, 5.74) is 4.94. The Morgan fingerprint density at radius 3 is 2.00 bits per heavy atom. The number of carbonyl (C=O) groups excluding carboxylic acids is 1. The summed E-state index contributed by atoms with van der Waals surface area (Å²) in [4.78, 5) is 17.8. The molecular weight excluding hydrogens is 408 g/mol. The number of amides is 1. The van der Waals surface area contributed by atoms with Crippen LogP contribution in [0.1, 0.15) is 43.2 Å². The monoisotopic (exact) mass is 438 g/mol. The number of hydrogen-bond donors (Lipinski definition) is 0. The molecule has 2 aromatic carbocycles. The first kappa shape index (κ1) is 20.7. The van der Waals surface area contributed by atoms with Crippen molar-refractivity contribution in [2.45, 2.75) is 57.3 Å². The van der Waals surface area contributed by atoms with Gasteiger partial charge in [0.25, 0.3) is 0 Å². The molecule has 1 saturated heterocycles. The molecule has 3 aliphatic rings. The lowest BCUT2D eigenvalue weighted by atomic mass is 9.97. The lowest BCUT2D eigenvalue weighted by Gasteiger charge is -2.35. The van der Waals surface area contributed by atoms with E-state index >= 15 is 0 Å². The third-order valence-corrected chi connectivity index (χ3v) is 8.83. The lowest BCUT2D eigenvalue weighted by Crippen LogP contribution is -2.50. The molecule has 0 bridgehead atoms. The number of fused-ring (bicyclic) bond motifs is 3. The summed E-state index contributed by atoms with van der Waals surface area (Å²) < 4.78 is 24.3. The third-order valence-electron chi connectivity index (χ3n) is 7.08. The average Bonchev–Trinajstić information content (AvgIpc) is 3.35. The molecule has 164 valence electrons. The molecule has 2 aromatic rings. The number of rotatable bonds is 4. The van der Waals surface area contributed by atoms with Gasteiger partial charge in [0.05, 0.1) is 18.1 Å². The van der Waals surface area contributed by atoms with Crippen LogP contribution in [-0.2, 0) is 27.7 Å². The van der Waals surface area contributed by atoms with Crippen LogP contribution in [0, 0.1) is 0 Å². The normalized spacial score (nSPS) is 23.2. The van der Waals surface area contributed by atoms with Gasteiger partial charge in [0.15, 0.2) is 9.84 Å². The molecule has 5 rings (SSSR count). The zero-order valence-electron chi connectivity index (χ0n) is 17.9. The second kappa shape index (κ2) is 8.40. The molecule has 2 heterocycles. The first-order valence-electron chi connectivity index (χ1n) is 11.4. The maximum Gasteiger partial charge on any atom is 0.237 e.